The largest absolute Gasteiger partial charge is 0.466 e. The highest BCUT2D eigenvalue weighted by molar-refractivity contribution is 7.80. The van der Waals surface area contributed by atoms with Crippen LogP contribution in [0.4, 0.5) is 4.39 Å². The van der Waals surface area contributed by atoms with Crippen LogP contribution in [0.25, 0.3) is 11.0 Å². The van der Waals surface area contributed by atoms with E-state index in [1.165, 1.54) is 12.1 Å². The Morgan fingerprint density at radius 3 is 2.75 bits per heavy atom. The van der Waals surface area contributed by atoms with Crippen molar-refractivity contribution in [2.24, 2.45) is 0 Å². The number of thiol groups is 1. The monoisotopic (exact) mass is 420 g/mol. The lowest BCUT2D eigenvalue weighted by Gasteiger charge is -2.14. The number of fused-ring (bicyclic) bond motifs is 1. The van der Waals surface area contributed by atoms with E-state index in [1.54, 1.807) is 13.0 Å². The van der Waals surface area contributed by atoms with Crippen molar-refractivity contribution in [3.63, 3.8) is 0 Å². The number of carbonyl (C=O) groups excluding carboxylic acids is 1. The Morgan fingerprint density at radius 1 is 1.29 bits per heavy atom. The third-order valence-electron chi connectivity index (χ3n) is 4.46. The molecular formula is C21H22ClFN2O2S. The van der Waals surface area contributed by atoms with E-state index in [-0.39, 0.29) is 17.0 Å². The lowest BCUT2D eigenvalue weighted by atomic mass is 10.1. The zero-order chi connectivity index (χ0) is 20.1. The Hall–Kier alpha value is -2.05. The summed E-state index contributed by atoms with van der Waals surface area (Å²) in [7, 11) is 0. The quantitative estimate of drug-likeness (QED) is 0.382. The first-order valence-electron chi connectivity index (χ1n) is 9.21. The molecule has 1 heterocycles. The standard InChI is InChI=1S/C21H22ClFN2O2S/c1-2-27-20(26)5-3-4-19(28)21-24-17-12-16(23)10-11-18(17)25(21)13-14-6-8-15(22)9-7-14/h6-12,19,28H,2-5,13H2,1H3. The summed E-state index contributed by atoms with van der Waals surface area (Å²) in [5, 5.41) is 0.491. The highest BCUT2D eigenvalue weighted by Crippen LogP contribution is 2.30. The Labute approximate surface area is 174 Å². The Morgan fingerprint density at radius 2 is 2.04 bits per heavy atom. The number of hydrogen-bond donors (Lipinski definition) is 1. The van der Waals surface area contributed by atoms with Crippen molar-refractivity contribution in [2.45, 2.75) is 38.0 Å². The van der Waals surface area contributed by atoms with Crippen LogP contribution in [-0.2, 0) is 16.1 Å². The first-order chi connectivity index (χ1) is 13.5. The third kappa shape index (κ3) is 5.06. The predicted molar refractivity (Wildman–Crippen MR) is 112 cm³/mol. The molecule has 28 heavy (non-hydrogen) atoms. The van der Waals surface area contributed by atoms with Crippen LogP contribution in [0.15, 0.2) is 42.5 Å². The molecule has 0 aliphatic heterocycles. The smallest absolute Gasteiger partial charge is 0.305 e. The van der Waals surface area contributed by atoms with E-state index < -0.39 is 0 Å². The van der Waals surface area contributed by atoms with Crippen molar-refractivity contribution in [3.8, 4) is 0 Å². The van der Waals surface area contributed by atoms with Gasteiger partial charge in [-0.2, -0.15) is 12.6 Å². The van der Waals surface area contributed by atoms with Crippen LogP contribution in [-0.4, -0.2) is 22.1 Å². The molecule has 0 fully saturated rings. The fourth-order valence-corrected chi connectivity index (χ4v) is 3.62. The van der Waals surface area contributed by atoms with E-state index in [0.717, 1.165) is 16.9 Å². The van der Waals surface area contributed by atoms with Crippen LogP contribution in [0.1, 0.15) is 42.8 Å². The second kappa shape index (κ2) is 9.43. The first kappa shape index (κ1) is 20.7. The summed E-state index contributed by atoms with van der Waals surface area (Å²) in [6, 6.07) is 12.2. The van der Waals surface area contributed by atoms with E-state index in [9.17, 15) is 9.18 Å². The Bertz CT molecular complexity index is 959. The highest BCUT2D eigenvalue weighted by atomic mass is 35.5. The van der Waals surface area contributed by atoms with Crippen LogP contribution >= 0.6 is 24.2 Å². The maximum atomic E-state index is 13.7. The van der Waals surface area contributed by atoms with Gasteiger partial charge in [-0.3, -0.25) is 4.79 Å². The number of halogens is 2. The molecule has 0 spiro atoms. The third-order valence-corrected chi connectivity index (χ3v) is 5.20. The summed E-state index contributed by atoms with van der Waals surface area (Å²) >= 11 is 10.7. The number of aromatic nitrogens is 2. The highest BCUT2D eigenvalue weighted by Gasteiger charge is 2.18. The van der Waals surface area contributed by atoms with Gasteiger partial charge in [0.25, 0.3) is 0 Å². The van der Waals surface area contributed by atoms with Gasteiger partial charge in [0, 0.05) is 24.1 Å². The van der Waals surface area contributed by atoms with Crippen LogP contribution < -0.4 is 0 Å². The molecule has 0 saturated carbocycles. The molecule has 7 heteroatoms. The number of imidazole rings is 1. The van der Waals surface area contributed by atoms with Gasteiger partial charge in [-0.05, 0) is 49.6 Å². The van der Waals surface area contributed by atoms with Gasteiger partial charge in [0.2, 0.25) is 0 Å². The van der Waals surface area contributed by atoms with Crippen molar-refractivity contribution in [3.05, 3.63) is 64.7 Å². The SMILES string of the molecule is CCOC(=O)CCCC(S)c1nc2cc(F)ccc2n1Cc1ccc(Cl)cc1. The van der Waals surface area contributed by atoms with E-state index in [1.807, 2.05) is 28.8 Å². The molecule has 0 aliphatic carbocycles. The summed E-state index contributed by atoms with van der Waals surface area (Å²) in [5.41, 5.74) is 2.49. The maximum absolute atomic E-state index is 13.7. The molecule has 0 N–H and O–H groups in total. The van der Waals surface area contributed by atoms with E-state index in [2.05, 4.69) is 4.98 Å². The van der Waals surface area contributed by atoms with Gasteiger partial charge in [0.15, 0.2) is 0 Å². The zero-order valence-corrected chi connectivity index (χ0v) is 17.2. The predicted octanol–water partition coefficient (Wildman–Crippen LogP) is 5.58. The van der Waals surface area contributed by atoms with Gasteiger partial charge in [0.05, 0.1) is 22.9 Å². The molecule has 1 aromatic heterocycles. The van der Waals surface area contributed by atoms with Crippen molar-refractivity contribution in [1.29, 1.82) is 0 Å². The molecule has 0 aliphatic rings. The van der Waals surface area contributed by atoms with Crippen molar-refractivity contribution in [2.75, 3.05) is 6.61 Å². The average molecular weight is 421 g/mol. The normalized spacial score (nSPS) is 12.3. The lowest BCUT2D eigenvalue weighted by molar-refractivity contribution is -0.143. The van der Waals surface area contributed by atoms with Gasteiger partial charge in [-0.15, -0.1) is 0 Å². The molecule has 0 saturated heterocycles. The first-order valence-corrected chi connectivity index (χ1v) is 10.1. The van der Waals surface area contributed by atoms with Gasteiger partial charge in [-0.1, -0.05) is 23.7 Å². The number of benzene rings is 2. The Kier molecular flexibility index (Phi) is 6.97. The molecule has 148 valence electrons. The van der Waals surface area contributed by atoms with Crippen LogP contribution in [0.5, 0.6) is 0 Å². The van der Waals surface area contributed by atoms with Crippen LogP contribution in [0.2, 0.25) is 5.02 Å². The fraction of sp³-hybridized carbons (Fsp3) is 0.333. The van der Waals surface area contributed by atoms with Crippen LogP contribution in [0.3, 0.4) is 0 Å². The number of carbonyl (C=O) groups is 1. The topological polar surface area (TPSA) is 44.1 Å². The summed E-state index contributed by atoms with van der Waals surface area (Å²) in [6.45, 7) is 2.74. The molecule has 2 aromatic carbocycles. The molecule has 0 bridgehead atoms. The molecular weight excluding hydrogens is 399 g/mol. The van der Waals surface area contributed by atoms with Crippen LogP contribution in [0, 0.1) is 5.82 Å². The summed E-state index contributed by atoms with van der Waals surface area (Å²) in [6.07, 6.45) is 1.65. The number of rotatable bonds is 8. The van der Waals surface area contributed by atoms with E-state index in [0.29, 0.717) is 43.0 Å². The number of esters is 1. The van der Waals surface area contributed by atoms with Crippen molar-refractivity contribution in [1.82, 2.24) is 9.55 Å². The number of ether oxygens (including phenoxy) is 1. The minimum absolute atomic E-state index is 0.183. The van der Waals surface area contributed by atoms with Crippen molar-refractivity contribution < 1.29 is 13.9 Å². The molecule has 1 atom stereocenters. The van der Waals surface area contributed by atoms with Gasteiger partial charge in [0.1, 0.15) is 11.6 Å². The zero-order valence-electron chi connectivity index (χ0n) is 15.6. The number of hydrogen-bond acceptors (Lipinski definition) is 4. The molecule has 0 radical (unpaired) electrons. The van der Waals surface area contributed by atoms with Gasteiger partial charge in [-0.25, -0.2) is 9.37 Å². The molecule has 3 aromatic rings. The second-order valence-electron chi connectivity index (χ2n) is 6.53. The fourth-order valence-electron chi connectivity index (χ4n) is 3.12. The van der Waals surface area contributed by atoms with Gasteiger partial charge >= 0.3 is 5.97 Å². The summed E-state index contributed by atoms with van der Waals surface area (Å²) in [5.74, 6) is 0.218. The average Bonchev–Trinajstić information content (AvgIpc) is 3.01. The number of nitrogens with zero attached hydrogens (tertiary/aromatic N) is 2. The second-order valence-corrected chi connectivity index (χ2v) is 7.59. The summed E-state index contributed by atoms with van der Waals surface area (Å²) in [4.78, 5) is 16.2. The van der Waals surface area contributed by atoms with Crippen molar-refractivity contribution >= 4 is 41.2 Å². The molecule has 1 unspecified atom stereocenters. The Balaban J connectivity index is 1.85. The minimum atomic E-state index is -0.326. The summed E-state index contributed by atoms with van der Waals surface area (Å²) < 4.78 is 20.7. The molecule has 4 nitrogen and oxygen atoms in total. The van der Waals surface area contributed by atoms with E-state index in [4.69, 9.17) is 29.0 Å². The molecule has 3 rings (SSSR count). The van der Waals surface area contributed by atoms with Gasteiger partial charge < -0.3 is 9.30 Å². The maximum Gasteiger partial charge on any atom is 0.305 e. The minimum Gasteiger partial charge on any atom is -0.466 e. The lowest BCUT2D eigenvalue weighted by Crippen LogP contribution is -2.09. The molecule has 0 amide bonds. The van der Waals surface area contributed by atoms with E-state index >= 15 is 0 Å².